The lowest BCUT2D eigenvalue weighted by atomic mass is 9.91. The van der Waals surface area contributed by atoms with Crippen molar-refractivity contribution >= 4 is 34.4 Å². The molecule has 2 aromatic carbocycles. The molecular weight excluding hydrogens is 463 g/mol. The summed E-state index contributed by atoms with van der Waals surface area (Å²) in [5.74, 6) is -0.577. The summed E-state index contributed by atoms with van der Waals surface area (Å²) in [6, 6.07) is 8.58. The molecule has 0 aliphatic heterocycles. The third kappa shape index (κ3) is 4.68. The number of methoxy groups -OCH3 is 1. The molecule has 0 bridgehead atoms. The fourth-order valence-electron chi connectivity index (χ4n) is 4.68. The molecule has 1 aromatic heterocycles. The highest BCUT2D eigenvalue weighted by Crippen LogP contribution is 2.39. The van der Waals surface area contributed by atoms with Gasteiger partial charge in [0.15, 0.2) is 6.61 Å². The predicted octanol–water partition coefficient (Wildman–Crippen LogP) is 4.53. The summed E-state index contributed by atoms with van der Waals surface area (Å²) in [7, 11) is 1.55. The molecule has 1 aliphatic rings. The second kappa shape index (κ2) is 9.93. The molecular formula is C25H26ClFN2O5. The van der Waals surface area contributed by atoms with Gasteiger partial charge < -0.3 is 24.5 Å². The maximum Gasteiger partial charge on any atom is 0.326 e. The van der Waals surface area contributed by atoms with Gasteiger partial charge in [-0.1, -0.05) is 24.6 Å². The first-order valence-corrected chi connectivity index (χ1v) is 11.5. The number of carbonyl (C=O) groups excluding carboxylic acids is 1. The molecule has 1 aliphatic carbocycles. The largest absolute Gasteiger partial charge is 0.497 e. The molecule has 1 heterocycles. The van der Waals surface area contributed by atoms with Gasteiger partial charge in [0.25, 0.3) is 5.91 Å². The summed E-state index contributed by atoms with van der Waals surface area (Å²) in [5.41, 5.74) is 2.17. The van der Waals surface area contributed by atoms with Gasteiger partial charge in [0, 0.05) is 23.2 Å². The summed E-state index contributed by atoms with van der Waals surface area (Å²) in [6.45, 7) is 1.64. The van der Waals surface area contributed by atoms with Crippen molar-refractivity contribution in [2.24, 2.45) is 0 Å². The molecule has 2 N–H and O–H groups in total. The Morgan fingerprint density at radius 2 is 2.06 bits per heavy atom. The quantitative estimate of drug-likeness (QED) is 0.486. The van der Waals surface area contributed by atoms with Crippen molar-refractivity contribution in [2.75, 3.05) is 13.7 Å². The van der Waals surface area contributed by atoms with Crippen LogP contribution in [-0.2, 0) is 22.4 Å². The van der Waals surface area contributed by atoms with Crippen molar-refractivity contribution in [3.63, 3.8) is 0 Å². The molecule has 0 radical (unpaired) electrons. The molecule has 0 saturated heterocycles. The Hall–Kier alpha value is -3.26. The number of aromatic nitrogens is 1. The van der Waals surface area contributed by atoms with Crippen LogP contribution < -0.4 is 14.8 Å². The summed E-state index contributed by atoms with van der Waals surface area (Å²) < 4.78 is 26.7. The third-order valence-electron chi connectivity index (χ3n) is 6.17. The Morgan fingerprint density at radius 3 is 2.76 bits per heavy atom. The smallest absolute Gasteiger partial charge is 0.326 e. The average molecular weight is 489 g/mol. The molecule has 34 heavy (non-hydrogen) atoms. The van der Waals surface area contributed by atoms with Crippen molar-refractivity contribution in [1.82, 2.24) is 9.88 Å². The van der Waals surface area contributed by atoms with Crippen LogP contribution >= 0.6 is 11.6 Å². The van der Waals surface area contributed by atoms with E-state index in [0.717, 1.165) is 11.3 Å². The maximum atomic E-state index is 14.2. The van der Waals surface area contributed by atoms with E-state index >= 15 is 0 Å². The van der Waals surface area contributed by atoms with Crippen molar-refractivity contribution in [3.8, 4) is 11.5 Å². The molecule has 180 valence electrons. The van der Waals surface area contributed by atoms with Crippen LogP contribution in [0.15, 0.2) is 36.4 Å². The van der Waals surface area contributed by atoms with E-state index in [9.17, 15) is 19.1 Å². The number of carbonyl (C=O) groups is 2. The van der Waals surface area contributed by atoms with E-state index in [0.29, 0.717) is 48.1 Å². The molecule has 0 fully saturated rings. The fraction of sp³-hybridized carbons (Fsp3) is 0.360. The first-order chi connectivity index (χ1) is 16.3. The van der Waals surface area contributed by atoms with Gasteiger partial charge in [-0.3, -0.25) is 4.79 Å². The van der Waals surface area contributed by atoms with E-state index in [1.54, 1.807) is 42.9 Å². The number of amides is 1. The van der Waals surface area contributed by atoms with E-state index in [-0.39, 0.29) is 23.6 Å². The molecule has 7 nitrogen and oxygen atoms in total. The molecule has 2 unspecified atom stereocenters. The first kappa shape index (κ1) is 23.9. The van der Waals surface area contributed by atoms with Crippen molar-refractivity contribution in [2.45, 2.75) is 44.7 Å². The number of hydrogen-bond acceptors (Lipinski definition) is 4. The third-order valence-corrected chi connectivity index (χ3v) is 6.46. The van der Waals surface area contributed by atoms with E-state index in [1.807, 2.05) is 0 Å². The number of aliphatic carboxylic acids is 1. The Bertz CT molecular complexity index is 1240. The number of fused-ring (bicyclic) bond motifs is 3. The van der Waals surface area contributed by atoms with Gasteiger partial charge in [0.05, 0.1) is 17.6 Å². The second-order valence-corrected chi connectivity index (χ2v) is 8.72. The zero-order valence-electron chi connectivity index (χ0n) is 18.9. The van der Waals surface area contributed by atoms with Crippen LogP contribution in [0, 0.1) is 5.82 Å². The van der Waals surface area contributed by atoms with Crippen molar-refractivity contribution in [3.05, 3.63) is 58.5 Å². The minimum Gasteiger partial charge on any atom is -0.497 e. The number of nitrogens with one attached hydrogen (secondary N) is 1. The minimum absolute atomic E-state index is 0.157. The van der Waals surface area contributed by atoms with Gasteiger partial charge >= 0.3 is 5.97 Å². The van der Waals surface area contributed by atoms with Crippen LogP contribution in [0.2, 0.25) is 5.02 Å². The van der Waals surface area contributed by atoms with Gasteiger partial charge in [-0.2, -0.15) is 0 Å². The summed E-state index contributed by atoms with van der Waals surface area (Å²) in [5, 5.41) is 13.5. The van der Waals surface area contributed by atoms with Gasteiger partial charge in [0.1, 0.15) is 23.4 Å². The van der Waals surface area contributed by atoms with Gasteiger partial charge in [-0.05, 0) is 55.5 Å². The normalized spacial score (nSPS) is 16.1. The fourth-order valence-corrected chi connectivity index (χ4v) is 4.98. The Balaban J connectivity index is 1.56. The highest BCUT2D eigenvalue weighted by molar-refractivity contribution is 6.35. The number of nitrogens with zero attached hydrogens (tertiary/aromatic N) is 1. The molecule has 2 atom stereocenters. The Morgan fingerprint density at radius 1 is 1.29 bits per heavy atom. The lowest BCUT2D eigenvalue weighted by Crippen LogP contribution is -2.41. The zero-order chi connectivity index (χ0) is 24.4. The number of carboxylic acids is 1. The van der Waals surface area contributed by atoms with Crippen LogP contribution in [0.25, 0.3) is 10.9 Å². The van der Waals surface area contributed by atoms with E-state index in [4.69, 9.17) is 21.1 Å². The Kier molecular flexibility index (Phi) is 6.97. The van der Waals surface area contributed by atoms with E-state index < -0.39 is 17.8 Å². The number of ether oxygens (including phenoxy) is 2. The maximum absolute atomic E-state index is 14.2. The Labute approximate surface area is 201 Å². The monoisotopic (exact) mass is 488 g/mol. The van der Waals surface area contributed by atoms with E-state index in [2.05, 4.69) is 5.32 Å². The van der Waals surface area contributed by atoms with Crippen LogP contribution in [0.5, 0.6) is 11.5 Å². The molecule has 0 saturated carbocycles. The van der Waals surface area contributed by atoms with Crippen molar-refractivity contribution in [1.29, 1.82) is 0 Å². The van der Waals surface area contributed by atoms with Gasteiger partial charge in [0.2, 0.25) is 0 Å². The standard InChI is InChI=1S/C25H26ClFN2O5/c1-3-21(25(31)32)29-22-8-7-15(11-18(22)19-9-14(27)10-20(26)24(19)29)28-23(30)13-34-17-6-4-5-16(12-17)33-2/h4-6,9-10,12,15,21H,3,7-8,11,13H2,1-2H3,(H,28,30)(H,31,32). The minimum atomic E-state index is -0.965. The lowest BCUT2D eigenvalue weighted by molar-refractivity contribution is -0.141. The molecule has 1 amide bonds. The summed E-state index contributed by atoms with van der Waals surface area (Å²) in [6.07, 6.45) is 1.96. The zero-order valence-corrected chi connectivity index (χ0v) is 19.7. The highest BCUT2D eigenvalue weighted by Gasteiger charge is 2.32. The lowest BCUT2D eigenvalue weighted by Gasteiger charge is -2.26. The topological polar surface area (TPSA) is 89.8 Å². The SMILES string of the molecule is CCC(C(=O)O)n1c2c(c3cc(F)cc(Cl)c31)CC(NC(=O)COc1cccc(OC)c1)CC2. The molecule has 0 spiro atoms. The van der Waals surface area contributed by atoms with Crippen LogP contribution in [0.1, 0.15) is 37.1 Å². The van der Waals surface area contributed by atoms with Gasteiger partial charge in [-0.25, -0.2) is 9.18 Å². The molecule has 4 rings (SSSR count). The summed E-state index contributed by atoms with van der Waals surface area (Å²) in [4.78, 5) is 24.5. The number of halogens is 2. The number of benzene rings is 2. The van der Waals surface area contributed by atoms with Crippen LogP contribution in [0.3, 0.4) is 0 Å². The van der Waals surface area contributed by atoms with Crippen molar-refractivity contribution < 1.29 is 28.6 Å². The molecule has 3 aromatic rings. The van der Waals surface area contributed by atoms with Gasteiger partial charge in [-0.15, -0.1) is 0 Å². The number of rotatable bonds is 8. The average Bonchev–Trinajstić information content (AvgIpc) is 3.12. The van der Waals surface area contributed by atoms with E-state index in [1.165, 1.54) is 12.1 Å². The second-order valence-electron chi connectivity index (χ2n) is 8.32. The first-order valence-electron chi connectivity index (χ1n) is 11.1. The summed E-state index contributed by atoms with van der Waals surface area (Å²) >= 11 is 6.39. The predicted molar refractivity (Wildman–Crippen MR) is 126 cm³/mol. The number of hydrogen-bond donors (Lipinski definition) is 2. The highest BCUT2D eigenvalue weighted by atomic mass is 35.5. The van der Waals surface area contributed by atoms with Crippen LogP contribution in [-0.4, -0.2) is 41.3 Å². The number of carboxylic acid groups (broad SMARTS) is 1. The van der Waals surface area contributed by atoms with Crippen LogP contribution in [0.4, 0.5) is 4.39 Å². The molecule has 9 heteroatoms.